The fourth-order valence-electron chi connectivity index (χ4n) is 2.45. The molecular weight excluding hydrogens is 344 g/mol. The highest BCUT2D eigenvalue weighted by Gasteiger charge is 2.09. The Hall–Kier alpha value is -2.70. The molecule has 0 unspecified atom stereocenters. The van der Waals surface area contributed by atoms with Gasteiger partial charge in [0.2, 0.25) is 0 Å². The number of methoxy groups -OCH3 is 1. The number of ether oxygens (including phenoxy) is 2. The zero-order valence-corrected chi connectivity index (χ0v) is 16.8. The standard InChI is InChI=1S/C20H30N4O3/c1-6-21-20(23-13-16-11-17(14(3)4)24-27-16)22-12-15-8-9-18(26-7-2)19(10-15)25-5/h8-11,14H,6-7,12-13H2,1-5H3,(H2,21,22,23). The zero-order valence-electron chi connectivity index (χ0n) is 16.8. The van der Waals surface area contributed by atoms with Crippen molar-refractivity contribution in [3.8, 4) is 11.5 Å². The Morgan fingerprint density at radius 1 is 1.19 bits per heavy atom. The quantitative estimate of drug-likeness (QED) is 0.517. The summed E-state index contributed by atoms with van der Waals surface area (Å²) >= 11 is 0. The van der Waals surface area contributed by atoms with Crippen LogP contribution in [0.3, 0.4) is 0 Å². The van der Waals surface area contributed by atoms with Crippen molar-refractivity contribution < 1.29 is 14.0 Å². The summed E-state index contributed by atoms with van der Waals surface area (Å²) in [7, 11) is 1.64. The number of aliphatic imine (C=N–C) groups is 1. The van der Waals surface area contributed by atoms with Crippen LogP contribution in [0.2, 0.25) is 0 Å². The van der Waals surface area contributed by atoms with Gasteiger partial charge in [0.1, 0.15) is 0 Å². The van der Waals surface area contributed by atoms with Crippen molar-refractivity contribution in [2.24, 2.45) is 4.99 Å². The van der Waals surface area contributed by atoms with E-state index < -0.39 is 0 Å². The van der Waals surface area contributed by atoms with Gasteiger partial charge in [-0.1, -0.05) is 25.1 Å². The summed E-state index contributed by atoms with van der Waals surface area (Å²) in [5, 5.41) is 10.6. The third-order valence-electron chi connectivity index (χ3n) is 3.89. The van der Waals surface area contributed by atoms with E-state index >= 15 is 0 Å². The van der Waals surface area contributed by atoms with E-state index in [0.29, 0.717) is 37.3 Å². The van der Waals surface area contributed by atoms with Crippen LogP contribution in [0, 0.1) is 0 Å². The molecular formula is C20H30N4O3. The number of rotatable bonds is 9. The minimum atomic E-state index is 0.346. The molecule has 0 aliphatic carbocycles. The lowest BCUT2D eigenvalue weighted by molar-refractivity contribution is 0.310. The van der Waals surface area contributed by atoms with Crippen molar-refractivity contribution in [2.45, 2.75) is 46.7 Å². The van der Waals surface area contributed by atoms with Gasteiger partial charge in [0.05, 0.1) is 32.5 Å². The van der Waals surface area contributed by atoms with Gasteiger partial charge in [-0.05, 0) is 37.5 Å². The second-order valence-electron chi connectivity index (χ2n) is 6.34. The molecule has 2 aromatic rings. The largest absolute Gasteiger partial charge is 0.493 e. The fraction of sp³-hybridized carbons (Fsp3) is 0.500. The van der Waals surface area contributed by atoms with Gasteiger partial charge in [0, 0.05) is 12.6 Å². The first kappa shape index (κ1) is 20.6. The Labute approximate surface area is 161 Å². The molecule has 0 saturated heterocycles. The number of nitrogens with zero attached hydrogens (tertiary/aromatic N) is 2. The summed E-state index contributed by atoms with van der Waals surface area (Å²) in [6, 6.07) is 7.82. The number of hydrogen-bond acceptors (Lipinski definition) is 5. The molecule has 0 aliphatic rings. The van der Waals surface area contributed by atoms with E-state index in [4.69, 9.17) is 14.0 Å². The summed E-state index contributed by atoms with van der Waals surface area (Å²) in [6.45, 7) is 10.6. The van der Waals surface area contributed by atoms with Gasteiger partial charge < -0.3 is 24.6 Å². The van der Waals surface area contributed by atoms with Crippen LogP contribution in [0.5, 0.6) is 11.5 Å². The number of aromatic nitrogens is 1. The lowest BCUT2D eigenvalue weighted by Gasteiger charge is -2.12. The van der Waals surface area contributed by atoms with Crippen LogP contribution in [-0.2, 0) is 13.1 Å². The Balaban J connectivity index is 2.01. The normalized spacial score (nSPS) is 11.6. The SMILES string of the molecule is CCNC(=NCc1ccc(OCC)c(OC)c1)NCc1cc(C(C)C)no1. The van der Waals surface area contributed by atoms with E-state index in [1.807, 2.05) is 38.1 Å². The van der Waals surface area contributed by atoms with Crippen LogP contribution in [0.4, 0.5) is 0 Å². The van der Waals surface area contributed by atoms with Crippen LogP contribution in [-0.4, -0.2) is 31.4 Å². The molecule has 148 valence electrons. The van der Waals surface area contributed by atoms with E-state index in [9.17, 15) is 0 Å². The molecule has 27 heavy (non-hydrogen) atoms. The maximum absolute atomic E-state index is 5.55. The number of benzene rings is 1. The molecule has 0 amide bonds. The lowest BCUT2D eigenvalue weighted by Crippen LogP contribution is -2.36. The zero-order chi connectivity index (χ0) is 19.6. The van der Waals surface area contributed by atoms with Crippen molar-refractivity contribution in [3.63, 3.8) is 0 Å². The molecule has 1 heterocycles. The first-order valence-electron chi connectivity index (χ1n) is 9.34. The van der Waals surface area contributed by atoms with Gasteiger partial charge >= 0.3 is 0 Å². The lowest BCUT2D eigenvalue weighted by atomic mass is 10.1. The Kier molecular flexibility index (Phi) is 7.98. The summed E-state index contributed by atoms with van der Waals surface area (Å²) in [6.07, 6.45) is 0. The van der Waals surface area contributed by atoms with Crippen molar-refractivity contribution in [3.05, 3.63) is 41.3 Å². The third kappa shape index (κ3) is 6.20. The van der Waals surface area contributed by atoms with Gasteiger partial charge in [0.15, 0.2) is 23.2 Å². The Morgan fingerprint density at radius 2 is 2.00 bits per heavy atom. The second kappa shape index (κ2) is 10.4. The first-order valence-corrected chi connectivity index (χ1v) is 9.34. The summed E-state index contributed by atoms with van der Waals surface area (Å²) in [4.78, 5) is 4.63. The topological polar surface area (TPSA) is 80.9 Å². The maximum Gasteiger partial charge on any atom is 0.191 e. The molecule has 0 saturated carbocycles. The highest BCUT2D eigenvalue weighted by atomic mass is 16.5. The summed E-state index contributed by atoms with van der Waals surface area (Å²) in [5.74, 6) is 3.30. The van der Waals surface area contributed by atoms with Crippen LogP contribution >= 0.6 is 0 Å². The van der Waals surface area contributed by atoms with Crippen molar-refractivity contribution in [2.75, 3.05) is 20.3 Å². The maximum atomic E-state index is 5.55. The second-order valence-corrected chi connectivity index (χ2v) is 6.34. The van der Waals surface area contributed by atoms with Gasteiger partial charge in [-0.25, -0.2) is 4.99 Å². The first-order chi connectivity index (χ1) is 13.1. The number of hydrogen-bond donors (Lipinski definition) is 2. The summed E-state index contributed by atoms with van der Waals surface area (Å²) in [5.41, 5.74) is 1.99. The van der Waals surface area contributed by atoms with Gasteiger partial charge in [-0.3, -0.25) is 0 Å². The number of nitrogens with one attached hydrogen (secondary N) is 2. The molecule has 0 aliphatic heterocycles. The van der Waals surface area contributed by atoms with Crippen LogP contribution in [0.15, 0.2) is 33.8 Å². The summed E-state index contributed by atoms with van der Waals surface area (Å²) < 4.78 is 16.3. The van der Waals surface area contributed by atoms with Crippen molar-refractivity contribution in [1.82, 2.24) is 15.8 Å². The molecule has 0 atom stereocenters. The molecule has 0 spiro atoms. The van der Waals surface area contributed by atoms with Gasteiger partial charge in [-0.2, -0.15) is 0 Å². The van der Waals surface area contributed by atoms with E-state index in [1.54, 1.807) is 7.11 Å². The molecule has 7 nitrogen and oxygen atoms in total. The minimum Gasteiger partial charge on any atom is -0.493 e. The molecule has 0 radical (unpaired) electrons. The molecule has 1 aromatic carbocycles. The van der Waals surface area contributed by atoms with Crippen molar-refractivity contribution >= 4 is 5.96 Å². The van der Waals surface area contributed by atoms with Crippen molar-refractivity contribution in [1.29, 1.82) is 0 Å². The highest BCUT2D eigenvalue weighted by molar-refractivity contribution is 5.79. The monoisotopic (exact) mass is 374 g/mol. The molecule has 0 fully saturated rings. The van der Waals surface area contributed by atoms with Gasteiger partial charge in [-0.15, -0.1) is 0 Å². The predicted octanol–water partition coefficient (Wildman–Crippen LogP) is 3.46. The van der Waals surface area contributed by atoms with Gasteiger partial charge in [0.25, 0.3) is 0 Å². The van der Waals surface area contributed by atoms with Crippen LogP contribution < -0.4 is 20.1 Å². The molecule has 2 N–H and O–H groups in total. The highest BCUT2D eigenvalue weighted by Crippen LogP contribution is 2.28. The minimum absolute atomic E-state index is 0.346. The van der Waals surface area contributed by atoms with E-state index in [1.165, 1.54) is 0 Å². The molecule has 7 heteroatoms. The smallest absolute Gasteiger partial charge is 0.191 e. The van der Waals surface area contributed by atoms with E-state index in [-0.39, 0.29) is 0 Å². The van der Waals surface area contributed by atoms with Crippen LogP contribution in [0.25, 0.3) is 0 Å². The average Bonchev–Trinajstić information content (AvgIpc) is 3.14. The van der Waals surface area contributed by atoms with E-state index in [2.05, 4.69) is 34.6 Å². The molecule has 2 rings (SSSR count). The third-order valence-corrected chi connectivity index (χ3v) is 3.89. The van der Waals surface area contributed by atoms with E-state index in [0.717, 1.165) is 29.3 Å². The average molecular weight is 374 g/mol. The Bertz CT molecular complexity index is 741. The molecule has 0 bridgehead atoms. The molecule has 1 aromatic heterocycles. The Morgan fingerprint density at radius 3 is 2.63 bits per heavy atom. The van der Waals surface area contributed by atoms with Crippen LogP contribution in [0.1, 0.15) is 50.6 Å². The number of guanidine groups is 1. The predicted molar refractivity (Wildman–Crippen MR) is 106 cm³/mol. The fourth-order valence-corrected chi connectivity index (χ4v) is 2.45.